The zero-order chi connectivity index (χ0) is 13.0. The number of pyridine rings is 1. The monoisotopic (exact) mass is 317 g/mol. The summed E-state index contributed by atoms with van der Waals surface area (Å²) in [6, 6.07) is 6.68. The number of rotatable bonds is 4. The molecule has 1 aliphatic rings. The van der Waals surface area contributed by atoms with Gasteiger partial charge in [0, 0.05) is 31.9 Å². The van der Waals surface area contributed by atoms with E-state index in [0.29, 0.717) is 6.04 Å². The largest absolute Gasteiger partial charge is 0.314 e. The highest BCUT2D eigenvalue weighted by Gasteiger charge is 2.23. The van der Waals surface area contributed by atoms with Crippen LogP contribution in [0.15, 0.2) is 30.4 Å². The van der Waals surface area contributed by atoms with Crippen molar-refractivity contribution in [2.75, 3.05) is 26.2 Å². The van der Waals surface area contributed by atoms with Crippen molar-refractivity contribution in [2.24, 2.45) is 0 Å². The third-order valence-electron chi connectivity index (χ3n) is 3.39. The third-order valence-corrected chi connectivity index (χ3v) is 3.39. The Balaban J connectivity index is 0.00000180. The molecule has 0 aromatic carbocycles. The Morgan fingerprint density at radius 1 is 1.35 bits per heavy atom. The molecule has 0 amide bonds. The highest BCUT2D eigenvalue weighted by atomic mass is 35.5. The molecule has 0 unspecified atom stereocenters. The minimum Gasteiger partial charge on any atom is -0.314 e. The second kappa shape index (κ2) is 9.35. The van der Waals surface area contributed by atoms with Crippen molar-refractivity contribution in [3.05, 3.63) is 41.7 Å². The van der Waals surface area contributed by atoms with Crippen molar-refractivity contribution >= 4 is 24.8 Å². The Labute approximate surface area is 134 Å². The van der Waals surface area contributed by atoms with Gasteiger partial charge in [-0.25, -0.2) is 0 Å². The van der Waals surface area contributed by atoms with E-state index in [0.717, 1.165) is 38.3 Å². The highest BCUT2D eigenvalue weighted by Crippen LogP contribution is 2.26. The maximum absolute atomic E-state index is 4.70. The van der Waals surface area contributed by atoms with Gasteiger partial charge in [-0.2, -0.15) is 0 Å². The number of aromatic nitrogens is 1. The van der Waals surface area contributed by atoms with E-state index in [-0.39, 0.29) is 24.8 Å². The van der Waals surface area contributed by atoms with Crippen LogP contribution in [-0.2, 0) is 0 Å². The molecule has 0 bridgehead atoms. The van der Waals surface area contributed by atoms with Crippen LogP contribution < -0.4 is 5.32 Å². The van der Waals surface area contributed by atoms with Gasteiger partial charge in [0.2, 0.25) is 0 Å². The normalized spacial score (nSPS) is 16.7. The summed E-state index contributed by atoms with van der Waals surface area (Å²) in [4.78, 5) is 7.22. The first-order chi connectivity index (χ1) is 8.66. The van der Waals surface area contributed by atoms with E-state index < -0.39 is 0 Å². The summed E-state index contributed by atoms with van der Waals surface area (Å²) >= 11 is 0. The fraction of sp³-hybridized carbons (Fsp3) is 0.533. The lowest BCUT2D eigenvalue weighted by atomic mass is 10.0. The van der Waals surface area contributed by atoms with Crippen LogP contribution in [0.1, 0.15) is 30.8 Å². The summed E-state index contributed by atoms with van der Waals surface area (Å²) in [6.45, 7) is 12.5. The second-order valence-electron chi connectivity index (χ2n) is 5.17. The topological polar surface area (TPSA) is 28.2 Å². The van der Waals surface area contributed by atoms with E-state index in [1.54, 1.807) is 0 Å². The van der Waals surface area contributed by atoms with Crippen LogP contribution in [0.25, 0.3) is 0 Å². The molecule has 114 valence electrons. The quantitative estimate of drug-likeness (QED) is 0.865. The summed E-state index contributed by atoms with van der Waals surface area (Å²) in [5.74, 6) is 0. The van der Waals surface area contributed by atoms with Gasteiger partial charge in [0.25, 0.3) is 0 Å². The van der Waals surface area contributed by atoms with E-state index in [4.69, 9.17) is 4.98 Å². The molecule has 0 spiro atoms. The zero-order valence-corrected chi connectivity index (χ0v) is 13.9. The van der Waals surface area contributed by atoms with E-state index in [2.05, 4.69) is 48.8 Å². The van der Waals surface area contributed by atoms with Crippen molar-refractivity contribution in [3.8, 4) is 0 Å². The SMILES string of the molecule is C=C(C)C[C@@H](c1cccc(C)n1)N1CCNCC1.Cl.Cl. The van der Waals surface area contributed by atoms with E-state index >= 15 is 0 Å². The van der Waals surface area contributed by atoms with Gasteiger partial charge in [0.05, 0.1) is 11.7 Å². The molecule has 5 heteroatoms. The van der Waals surface area contributed by atoms with Crippen LogP contribution in [0.4, 0.5) is 0 Å². The molecular formula is C15H25Cl2N3. The van der Waals surface area contributed by atoms with Gasteiger partial charge in [0.1, 0.15) is 0 Å². The van der Waals surface area contributed by atoms with Crippen molar-refractivity contribution in [1.82, 2.24) is 15.2 Å². The average Bonchev–Trinajstić information content (AvgIpc) is 2.37. The molecule has 1 fully saturated rings. The number of piperazine rings is 1. The Hall–Kier alpha value is -0.610. The highest BCUT2D eigenvalue weighted by molar-refractivity contribution is 5.85. The first-order valence-corrected chi connectivity index (χ1v) is 6.69. The number of hydrogen-bond acceptors (Lipinski definition) is 3. The first-order valence-electron chi connectivity index (χ1n) is 6.69. The Bertz CT molecular complexity index is 417. The van der Waals surface area contributed by atoms with Crippen LogP contribution in [-0.4, -0.2) is 36.1 Å². The van der Waals surface area contributed by atoms with Crippen molar-refractivity contribution in [2.45, 2.75) is 26.3 Å². The summed E-state index contributed by atoms with van der Waals surface area (Å²) in [5.41, 5.74) is 3.50. The molecule has 0 aliphatic carbocycles. The molecule has 1 atom stereocenters. The van der Waals surface area contributed by atoms with E-state index in [1.165, 1.54) is 11.3 Å². The second-order valence-corrected chi connectivity index (χ2v) is 5.17. The van der Waals surface area contributed by atoms with Crippen LogP contribution in [0.5, 0.6) is 0 Å². The minimum absolute atomic E-state index is 0. The van der Waals surface area contributed by atoms with Crippen molar-refractivity contribution in [1.29, 1.82) is 0 Å². The molecule has 2 heterocycles. The summed E-state index contributed by atoms with van der Waals surface area (Å²) in [7, 11) is 0. The number of aryl methyl sites for hydroxylation is 1. The predicted molar refractivity (Wildman–Crippen MR) is 90.1 cm³/mol. The van der Waals surface area contributed by atoms with Gasteiger partial charge in [-0.05, 0) is 32.4 Å². The molecule has 0 radical (unpaired) electrons. The average molecular weight is 318 g/mol. The molecule has 2 rings (SSSR count). The molecule has 0 saturated carbocycles. The van der Waals surface area contributed by atoms with Gasteiger partial charge in [0.15, 0.2) is 0 Å². The van der Waals surface area contributed by atoms with E-state index in [1.807, 2.05) is 0 Å². The van der Waals surface area contributed by atoms with Gasteiger partial charge in [-0.1, -0.05) is 11.6 Å². The predicted octanol–water partition coefficient (Wildman–Crippen LogP) is 3.15. The summed E-state index contributed by atoms with van der Waals surface area (Å²) in [5, 5.41) is 3.40. The molecule has 1 aromatic heterocycles. The molecule has 1 aromatic rings. The van der Waals surface area contributed by atoms with Gasteiger partial charge >= 0.3 is 0 Å². The molecule has 1 saturated heterocycles. The van der Waals surface area contributed by atoms with Crippen molar-refractivity contribution in [3.63, 3.8) is 0 Å². The van der Waals surface area contributed by atoms with Crippen LogP contribution in [0, 0.1) is 6.92 Å². The number of halogens is 2. The van der Waals surface area contributed by atoms with Gasteiger partial charge < -0.3 is 5.32 Å². The zero-order valence-electron chi connectivity index (χ0n) is 12.3. The van der Waals surface area contributed by atoms with Gasteiger partial charge in [-0.3, -0.25) is 9.88 Å². The first kappa shape index (κ1) is 19.4. The van der Waals surface area contributed by atoms with Crippen LogP contribution in [0.3, 0.4) is 0 Å². The van der Waals surface area contributed by atoms with Crippen LogP contribution in [0.2, 0.25) is 0 Å². The fourth-order valence-electron chi connectivity index (χ4n) is 2.49. The Morgan fingerprint density at radius 2 is 2.00 bits per heavy atom. The lowest BCUT2D eigenvalue weighted by molar-refractivity contribution is 0.169. The summed E-state index contributed by atoms with van der Waals surface area (Å²) < 4.78 is 0. The maximum Gasteiger partial charge on any atom is 0.0581 e. The van der Waals surface area contributed by atoms with E-state index in [9.17, 15) is 0 Å². The Kier molecular flexibility index (Phi) is 9.06. The van der Waals surface area contributed by atoms with Crippen LogP contribution >= 0.6 is 24.8 Å². The lowest BCUT2D eigenvalue weighted by Gasteiger charge is -2.35. The third kappa shape index (κ3) is 5.41. The smallest absolute Gasteiger partial charge is 0.0581 e. The molecule has 20 heavy (non-hydrogen) atoms. The van der Waals surface area contributed by atoms with Crippen molar-refractivity contribution < 1.29 is 0 Å². The number of hydrogen-bond donors (Lipinski definition) is 1. The van der Waals surface area contributed by atoms with Gasteiger partial charge in [-0.15, -0.1) is 31.4 Å². The molecular weight excluding hydrogens is 293 g/mol. The molecule has 1 N–H and O–H groups in total. The lowest BCUT2D eigenvalue weighted by Crippen LogP contribution is -2.45. The fourth-order valence-corrected chi connectivity index (χ4v) is 2.49. The minimum atomic E-state index is 0. The number of nitrogens with zero attached hydrogens (tertiary/aromatic N) is 2. The summed E-state index contributed by atoms with van der Waals surface area (Å²) in [6.07, 6.45) is 0.996. The Morgan fingerprint density at radius 3 is 2.55 bits per heavy atom. The molecule has 1 aliphatic heterocycles. The molecule has 3 nitrogen and oxygen atoms in total. The number of nitrogens with one attached hydrogen (secondary N) is 1. The standard InChI is InChI=1S/C15H23N3.2ClH/c1-12(2)11-15(18-9-7-16-8-10-18)14-6-4-5-13(3)17-14;;/h4-6,15-16H,1,7-11H2,2-3H3;2*1H/t15-;;/m0../s1. The maximum atomic E-state index is 4.70.